The number of hydrogen-bond acceptors (Lipinski definition) is 2. The van der Waals surface area contributed by atoms with E-state index in [4.69, 9.17) is 4.84 Å². The Kier molecular flexibility index (Phi) is 3.01. The van der Waals surface area contributed by atoms with Crippen molar-refractivity contribution in [1.29, 1.82) is 0 Å². The smallest absolute Gasteiger partial charge is 0.0812 e. The molecule has 0 saturated carbocycles. The van der Waals surface area contributed by atoms with Gasteiger partial charge in [-0.1, -0.05) is 12.5 Å². The van der Waals surface area contributed by atoms with Crippen molar-refractivity contribution in [2.45, 2.75) is 50.7 Å². The van der Waals surface area contributed by atoms with Gasteiger partial charge in [0.25, 0.3) is 0 Å². The van der Waals surface area contributed by atoms with Gasteiger partial charge >= 0.3 is 0 Å². The van der Waals surface area contributed by atoms with E-state index in [0.717, 1.165) is 25.4 Å². The summed E-state index contributed by atoms with van der Waals surface area (Å²) in [4.78, 5) is 5.85. The summed E-state index contributed by atoms with van der Waals surface area (Å²) >= 11 is 0. The Labute approximate surface area is 80.5 Å². The van der Waals surface area contributed by atoms with Gasteiger partial charge in [0.1, 0.15) is 0 Å². The van der Waals surface area contributed by atoms with Crippen molar-refractivity contribution in [3.8, 4) is 0 Å². The Hall–Kier alpha value is -0.340. The summed E-state index contributed by atoms with van der Waals surface area (Å²) < 4.78 is 0. The minimum absolute atomic E-state index is 0.473. The molecule has 2 rings (SSSR count). The molecule has 0 N–H and O–H groups in total. The van der Waals surface area contributed by atoms with Crippen LogP contribution in [0.5, 0.6) is 0 Å². The summed E-state index contributed by atoms with van der Waals surface area (Å²) in [5.41, 5.74) is 0. The fourth-order valence-electron chi connectivity index (χ4n) is 2.36. The molecule has 2 nitrogen and oxygen atoms in total. The summed E-state index contributed by atoms with van der Waals surface area (Å²) in [6.07, 6.45) is 9.98. The Bertz CT molecular complexity index is 167. The van der Waals surface area contributed by atoms with Crippen molar-refractivity contribution in [1.82, 2.24) is 5.06 Å². The normalized spacial score (nSPS) is 34.5. The molecule has 2 aliphatic heterocycles. The third kappa shape index (κ3) is 2.12. The number of fused-ring (bicyclic) bond motifs is 1. The summed E-state index contributed by atoms with van der Waals surface area (Å²) in [5.74, 6) is 0. The molecule has 2 atom stereocenters. The summed E-state index contributed by atoms with van der Waals surface area (Å²) in [7, 11) is 0. The van der Waals surface area contributed by atoms with E-state index < -0.39 is 0 Å². The van der Waals surface area contributed by atoms with E-state index in [0.29, 0.717) is 6.10 Å². The molecular formula is C11H19NO. The Morgan fingerprint density at radius 1 is 1.46 bits per heavy atom. The maximum Gasteiger partial charge on any atom is 0.0812 e. The van der Waals surface area contributed by atoms with Crippen LogP contribution in [0.4, 0.5) is 0 Å². The summed E-state index contributed by atoms with van der Waals surface area (Å²) in [6.45, 7) is 4.89. The second-order valence-electron chi connectivity index (χ2n) is 4.12. The molecule has 0 spiro atoms. The van der Waals surface area contributed by atoms with Crippen molar-refractivity contribution >= 4 is 0 Å². The van der Waals surface area contributed by atoms with Gasteiger partial charge in [-0.25, -0.2) is 0 Å². The number of hydroxylamine groups is 2. The van der Waals surface area contributed by atoms with Crippen molar-refractivity contribution in [3.05, 3.63) is 12.7 Å². The molecule has 2 aliphatic rings. The minimum atomic E-state index is 0.473. The SMILES string of the molecule is C=CCCC1CC2CCCCN2O1. The zero-order valence-corrected chi connectivity index (χ0v) is 8.24. The van der Waals surface area contributed by atoms with E-state index in [9.17, 15) is 0 Å². The third-order valence-electron chi connectivity index (χ3n) is 3.09. The molecule has 2 saturated heterocycles. The van der Waals surface area contributed by atoms with Crippen LogP contribution in [0, 0.1) is 0 Å². The molecule has 2 heterocycles. The maximum absolute atomic E-state index is 5.85. The van der Waals surface area contributed by atoms with Crippen LogP contribution in [0.25, 0.3) is 0 Å². The zero-order chi connectivity index (χ0) is 9.10. The predicted molar refractivity (Wildman–Crippen MR) is 53.3 cm³/mol. The van der Waals surface area contributed by atoms with Gasteiger partial charge in [-0.3, -0.25) is 4.84 Å². The monoisotopic (exact) mass is 181 g/mol. The molecule has 2 unspecified atom stereocenters. The van der Waals surface area contributed by atoms with Gasteiger partial charge in [-0.2, -0.15) is 5.06 Å². The van der Waals surface area contributed by atoms with Crippen LogP contribution in [-0.4, -0.2) is 23.8 Å². The molecule has 0 aromatic heterocycles. The van der Waals surface area contributed by atoms with E-state index >= 15 is 0 Å². The van der Waals surface area contributed by atoms with E-state index in [1.165, 1.54) is 25.7 Å². The highest BCUT2D eigenvalue weighted by Crippen LogP contribution is 2.30. The lowest BCUT2D eigenvalue weighted by atomic mass is 9.99. The first kappa shape index (κ1) is 9.22. The number of nitrogens with zero attached hydrogens (tertiary/aromatic N) is 1. The van der Waals surface area contributed by atoms with E-state index in [2.05, 4.69) is 11.6 Å². The first-order chi connectivity index (χ1) is 6.40. The highest BCUT2D eigenvalue weighted by molar-refractivity contribution is 4.82. The minimum Gasteiger partial charge on any atom is -0.295 e. The second-order valence-corrected chi connectivity index (χ2v) is 4.12. The molecule has 0 bridgehead atoms. The van der Waals surface area contributed by atoms with Gasteiger partial charge in [-0.05, 0) is 32.1 Å². The highest BCUT2D eigenvalue weighted by atomic mass is 16.7. The third-order valence-corrected chi connectivity index (χ3v) is 3.09. The van der Waals surface area contributed by atoms with Crippen molar-refractivity contribution in [3.63, 3.8) is 0 Å². The second kappa shape index (κ2) is 4.25. The van der Waals surface area contributed by atoms with Crippen molar-refractivity contribution in [2.24, 2.45) is 0 Å². The Morgan fingerprint density at radius 2 is 2.38 bits per heavy atom. The highest BCUT2D eigenvalue weighted by Gasteiger charge is 2.34. The quantitative estimate of drug-likeness (QED) is 0.620. The van der Waals surface area contributed by atoms with E-state index in [1.807, 2.05) is 6.08 Å². The largest absolute Gasteiger partial charge is 0.295 e. The molecule has 13 heavy (non-hydrogen) atoms. The lowest BCUT2D eigenvalue weighted by Crippen LogP contribution is -2.32. The van der Waals surface area contributed by atoms with E-state index in [1.54, 1.807) is 0 Å². The average Bonchev–Trinajstić information content (AvgIpc) is 2.57. The molecule has 0 aliphatic carbocycles. The summed E-state index contributed by atoms with van der Waals surface area (Å²) in [6, 6.07) is 0.726. The van der Waals surface area contributed by atoms with Crippen molar-refractivity contribution < 1.29 is 4.84 Å². The van der Waals surface area contributed by atoms with Crippen LogP contribution >= 0.6 is 0 Å². The van der Waals surface area contributed by atoms with Crippen LogP contribution in [0.2, 0.25) is 0 Å². The standard InChI is InChI=1S/C11H19NO/c1-2-3-7-11-9-10-6-4-5-8-12(10)13-11/h2,10-11H,1,3-9H2. The topological polar surface area (TPSA) is 12.5 Å². The van der Waals surface area contributed by atoms with Crippen LogP contribution in [-0.2, 0) is 4.84 Å². The van der Waals surface area contributed by atoms with Gasteiger partial charge in [-0.15, -0.1) is 6.58 Å². The fraction of sp³-hybridized carbons (Fsp3) is 0.818. The number of rotatable bonds is 3. The van der Waals surface area contributed by atoms with Crippen LogP contribution < -0.4 is 0 Å². The molecule has 0 radical (unpaired) electrons. The van der Waals surface area contributed by atoms with Gasteiger partial charge in [0.05, 0.1) is 6.10 Å². The lowest BCUT2D eigenvalue weighted by Gasteiger charge is -2.26. The average molecular weight is 181 g/mol. The van der Waals surface area contributed by atoms with Crippen LogP contribution in [0.3, 0.4) is 0 Å². The van der Waals surface area contributed by atoms with Crippen LogP contribution in [0.15, 0.2) is 12.7 Å². The molecule has 74 valence electrons. The molecule has 0 aromatic carbocycles. The van der Waals surface area contributed by atoms with Crippen LogP contribution in [0.1, 0.15) is 38.5 Å². The number of piperidine rings is 1. The lowest BCUT2D eigenvalue weighted by molar-refractivity contribution is -0.172. The molecule has 0 amide bonds. The van der Waals surface area contributed by atoms with Gasteiger partial charge < -0.3 is 0 Å². The molecule has 0 aromatic rings. The van der Waals surface area contributed by atoms with Crippen molar-refractivity contribution in [2.75, 3.05) is 6.54 Å². The van der Waals surface area contributed by atoms with E-state index in [-0.39, 0.29) is 0 Å². The Morgan fingerprint density at radius 3 is 3.15 bits per heavy atom. The molecular weight excluding hydrogens is 162 g/mol. The van der Waals surface area contributed by atoms with Gasteiger partial charge in [0.2, 0.25) is 0 Å². The fourth-order valence-corrected chi connectivity index (χ4v) is 2.36. The number of allylic oxidation sites excluding steroid dienone is 1. The first-order valence-electron chi connectivity index (χ1n) is 5.44. The molecule has 2 heteroatoms. The van der Waals surface area contributed by atoms with Gasteiger partial charge in [0.15, 0.2) is 0 Å². The summed E-state index contributed by atoms with van der Waals surface area (Å²) in [5, 5.41) is 2.22. The van der Waals surface area contributed by atoms with Gasteiger partial charge in [0, 0.05) is 12.6 Å². The predicted octanol–water partition coefficient (Wildman–Crippen LogP) is 2.51. The first-order valence-corrected chi connectivity index (χ1v) is 5.44. The number of hydrogen-bond donors (Lipinski definition) is 0. The molecule has 2 fully saturated rings. The maximum atomic E-state index is 5.85. The Balaban J connectivity index is 1.80. The zero-order valence-electron chi connectivity index (χ0n) is 8.24.